The molecular weight excluding hydrogens is 571 g/mol. The fourth-order valence-electron chi connectivity index (χ4n) is 4.90. The molecule has 0 spiro atoms. The molecule has 10 nitrogen and oxygen atoms in total. The Morgan fingerprint density at radius 3 is 2.65 bits per heavy atom. The van der Waals surface area contributed by atoms with Crippen molar-refractivity contribution in [3.8, 4) is 5.75 Å². The molecule has 2 aliphatic rings. The molecule has 0 saturated carbocycles. The third kappa shape index (κ3) is 5.46. The van der Waals surface area contributed by atoms with Crippen LogP contribution in [0.1, 0.15) is 36.0 Å². The highest BCUT2D eigenvalue weighted by atomic mass is 32.2. The molecular formula is C25H24F3N5O5S2. The number of imide groups is 1. The average Bonchev–Trinajstić information content (AvgIpc) is 3.42. The number of amides is 2. The van der Waals surface area contributed by atoms with Crippen molar-refractivity contribution in [3.05, 3.63) is 64.2 Å². The molecule has 1 unspecified atom stereocenters. The van der Waals surface area contributed by atoms with Crippen molar-refractivity contribution in [2.75, 3.05) is 13.7 Å². The van der Waals surface area contributed by atoms with Crippen molar-refractivity contribution in [1.82, 2.24) is 19.0 Å². The number of thioether (sulfide) groups is 1. The number of hydrogen-bond donors (Lipinski definition) is 1. The van der Waals surface area contributed by atoms with Gasteiger partial charge in [-0.3, -0.25) is 19.2 Å². The molecule has 2 saturated heterocycles. The Labute approximate surface area is 231 Å². The Hall–Kier alpha value is -3.40. The molecule has 0 aliphatic carbocycles. The van der Waals surface area contributed by atoms with Crippen LogP contribution in [0.2, 0.25) is 0 Å². The predicted octanol–water partition coefficient (Wildman–Crippen LogP) is 4.16. The van der Waals surface area contributed by atoms with Gasteiger partial charge >= 0.3 is 6.18 Å². The van der Waals surface area contributed by atoms with Gasteiger partial charge in [0, 0.05) is 11.9 Å². The second-order valence-corrected chi connectivity index (χ2v) is 11.8. The third-order valence-corrected chi connectivity index (χ3v) is 8.74. The Morgan fingerprint density at radius 2 is 1.95 bits per heavy atom. The number of rotatable bonds is 6. The molecule has 1 aromatic heterocycles. The molecule has 2 aliphatic heterocycles. The first kappa shape index (κ1) is 28.1. The number of methoxy groups -OCH3 is 1. The van der Waals surface area contributed by atoms with Gasteiger partial charge in [0.15, 0.2) is 0 Å². The monoisotopic (exact) mass is 595 g/mol. The van der Waals surface area contributed by atoms with E-state index >= 15 is 0 Å². The summed E-state index contributed by atoms with van der Waals surface area (Å²) >= 11 is 0.701. The summed E-state index contributed by atoms with van der Waals surface area (Å²) in [6, 6.07) is 8.77. The first-order chi connectivity index (χ1) is 18.9. The maximum Gasteiger partial charge on any atom is 0.416 e. The highest BCUT2D eigenvalue weighted by molar-refractivity contribution is 8.18. The van der Waals surface area contributed by atoms with E-state index in [1.807, 2.05) is 0 Å². The lowest BCUT2D eigenvalue weighted by molar-refractivity contribution is -0.138. The van der Waals surface area contributed by atoms with Crippen LogP contribution in [0, 0.1) is 0 Å². The van der Waals surface area contributed by atoms with Gasteiger partial charge in [0.2, 0.25) is 0 Å². The molecule has 3 aromatic rings. The van der Waals surface area contributed by atoms with Gasteiger partial charge in [0.05, 0.1) is 35.8 Å². The first-order valence-corrected chi connectivity index (χ1v) is 14.4. The highest BCUT2D eigenvalue weighted by Gasteiger charge is 2.45. The number of fused-ring (bicyclic) bond motifs is 1. The number of alkyl halides is 3. The molecule has 2 N–H and O–H groups in total. The molecule has 212 valence electrons. The fourth-order valence-corrected chi connectivity index (χ4v) is 6.69. The minimum atomic E-state index is -4.58. The summed E-state index contributed by atoms with van der Waals surface area (Å²) in [6.07, 6.45) is -1.05. The number of ether oxygens (including phenoxy) is 1. The largest absolute Gasteiger partial charge is 0.497 e. The molecule has 0 radical (unpaired) electrons. The van der Waals surface area contributed by atoms with Gasteiger partial charge in [-0.15, -0.1) is 0 Å². The summed E-state index contributed by atoms with van der Waals surface area (Å²) in [5, 5.41) is 9.59. The first-order valence-electron chi connectivity index (χ1n) is 12.1. The second kappa shape index (κ2) is 10.5. The zero-order chi connectivity index (χ0) is 28.8. The number of hydrogen-bond acceptors (Lipinski definition) is 7. The van der Waals surface area contributed by atoms with Gasteiger partial charge in [0.1, 0.15) is 11.9 Å². The normalized spacial score (nSPS) is 20.2. The van der Waals surface area contributed by atoms with Crippen LogP contribution < -0.4 is 9.88 Å². The predicted molar refractivity (Wildman–Crippen MR) is 142 cm³/mol. The van der Waals surface area contributed by atoms with E-state index in [2.05, 4.69) is 5.10 Å². The van der Waals surface area contributed by atoms with Gasteiger partial charge < -0.3 is 4.74 Å². The van der Waals surface area contributed by atoms with E-state index in [0.717, 1.165) is 15.3 Å². The zero-order valence-electron chi connectivity index (χ0n) is 21.1. The van der Waals surface area contributed by atoms with Gasteiger partial charge in [-0.05, 0) is 72.5 Å². The Bertz CT molecular complexity index is 1640. The minimum Gasteiger partial charge on any atom is -0.497 e. The van der Waals surface area contributed by atoms with Gasteiger partial charge in [-0.2, -0.15) is 31.0 Å². The van der Waals surface area contributed by atoms with E-state index in [-0.39, 0.29) is 35.7 Å². The highest BCUT2D eigenvalue weighted by Crippen LogP contribution is 2.38. The van der Waals surface area contributed by atoms with E-state index in [1.165, 1.54) is 36.2 Å². The summed E-state index contributed by atoms with van der Waals surface area (Å²) in [7, 11) is -2.82. The SMILES string of the molecule is COc1ccc(Cn2ncc3cc(C=C4SC(=O)N(C5CCCCN5S(N)(=O)=O)C4=O)ccc32)c(C(F)(F)F)c1. The summed E-state index contributed by atoms with van der Waals surface area (Å²) in [4.78, 5) is 27.0. The van der Waals surface area contributed by atoms with Crippen LogP contribution in [-0.4, -0.2) is 58.4 Å². The van der Waals surface area contributed by atoms with E-state index in [0.29, 0.717) is 41.1 Å². The number of nitrogens with two attached hydrogens (primary N) is 1. The van der Waals surface area contributed by atoms with Gasteiger partial charge in [-0.25, -0.2) is 5.14 Å². The molecule has 5 rings (SSSR count). The second-order valence-electron chi connectivity index (χ2n) is 9.33. The summed E-state index contributed by atoms with van der Waals surface area (Å²) in [5.74, 6) is -0.526. The van der Waals surface area contributed by atoms with Crippen LogP contribution in [-0.2, 0) is 27.7 Å². The molecule has 15 heteroatoms. The fraction of sp³-hybridized carbons (Fsp3) is 0.320. The summed E-state index contributed by atoms with van der Waals surface area (Å²) < 4.78 is 72.4. The lowest BCUT2D eigenvalue weighted by Crippen LogP contribution is -2.56. The number of carbonyl (C=O) groups is 2. The third-order valence-electron chi connectivity index (χ3n) is 6.78. The maximum absolute atomic E-state index is 13.7. The quantitative estimate of drug-likeness (QED) is 0.424. The van der Waals surface area contributed by atoms with Crippen LogP contribution in [0.4, 0.5) is 18.0 Å². The van der Waals surface area contributed by atoms with Crippen molar-refractivity contribution in [3.63, 3.8) is 0 Å². The van der Waals surface area contributed by atoms with Gasteiger partial charge in [-0.1, -0.05) is 12.1 Å². The summed E-state index contributed by atoms with van der Waals surface area (Å²) in [5.41, 5.74) is 0.333. The van der Waals surface area contributed by atoms with Crippen LogP contribution in [0.15, 0.2) is 47.5 Å². The Kier molecular flexibility index (Phi) is 7.41. The molecule has 0 bridgehead atoms. The van der Waals surface area contributed by atoms with Crippen LogP contribution in [0.25, 0.3) is 17.0 Å². The van der Waals surface area contributed by atoms with E-state index in [9.17, 15) is 31.2 Å². The standard InChI is InChI=1S/C25H24F3N5O5S2/c1-38-18-7-6-16(19(12-18)25(26,27)28)14-31-20-8-5-15(10-17(20)13-30-31)11-21-23(34)33(24(35)39-21)22-4-2-3-9-32(22)40(29,36)37/h5-8,10-13,22H,2-4,9,14H2,1H3,(H2,29,36,37). The number of piperidine rings is 1. The van der Waals surface area contributed by atoms with Crippen molar-refractivity contribution in [2.24, 2.45) is 5.14 Å². The lowest BCUT2D eigenvalue weighted by atomic mass is 10.1. The number of halogens is 3. The molecule has 2 amide bonds. The number of aromatic nitrogens is 2. The topological polar surface area (TPSA) is 128 Å². The van der Waals surface area contributed by atoms with Crippen LogP contribution in [0.3, 0.4) is 0 Å². The van der Waals surface area contributed by atoms with Crippen LogP contribution in [0.5, 0.6) is 5.75 Å². The number of carbonyl (C=O) groups excluding carboxylic acids is 2. The summed E-state index contributed by atoms with van der Waals surface area (Å²) in [6.45, 7) is -0.0194. The molecule has 3 heterocycles. The maximum atomic E-state index is 13.7. The van der Waals surface area contributed by atoms with Crippen molar-refractivity contribution in [2.45, 2.75) is 38.1 Å². The van der Waals surface area contributed by atoms with Gasteiger partial charge in [0.25, 0.3) is 21.4 Å². The number of nitrogens with zero attached hydrogens (tertiary/aromatic N) is 4. The molecule has 2 fully saturated rings. The van der Waals surface area contributed by atoms with E-state index in [4.69, 9.17) is 9.88 Å². The van der Waals surface area contributed by atoms with E-state index in [1.54, 1.807) is 18.2 Å². The lowest BCUT2D eigenvalue weighted by Gasteiger charge is -2.37. The van der Waals surface area contributed by atoms with Crippen molar-refractivity contribution >= 4 is 50.1 Å². The Balaban J connectivity index is 1.40. The average molecular weight is 596 g/mol. The van der Waals surface area contributed by atoms with Crippen LogP contribution >= 0.6 is 11.8 Å². The number of benzene rings is 2. The minimum absolute atomic E-state index is 0.0206. The Morgan fingerprint density at radius 1 is 1.18 bits per heavy atom. The van der Waals surface area contributed by atoms with E-state index < -0.39 is 39.3 Å². The zero-order valence-corrected chi connectivity index (χ0v) is 22.7. The van der Waals surface area contributed by atoms with Crippen molar-refractivity contribution in [1.29, 1.82) is 0 Å². The molecule has 1 atom stereocenters. The smallest absolute Gasteiger partial charge is 0.416 e. The molecule has 40 heavy (non-hydrogen) atoms. The molecule has 2 aromatic carbocycles. The van der Waals surface area contributed by atoms with Crippen molar-refractivity contribution < 1.29 is 35.9 Å².